The maximum atomic E-state index is 12.5. The molecule has 1 aliphatic rings. The van der Waals surface area contributed by atoms with Crippen molar-refractivity contribution < 1.29 is 14.4 Å². The van der Waals surface area contributed by atoms with Gasteiger partial charge in [0.05, 0.1) is 5.92 Å². The second-order valence-electron chi connectivity index (χ2n) is 6.12. The van der Waals surface area contributed by atoms with Crippen LogP contribution in [0, 0.1) is 12.8 Å². The van der Waals surface area contributed by atoms with E-state index in [4.69, 9.17) is 5.73 Å². The maximum Gasteiger partial charge on any atom is 0.248 e. The molecule has 0 spiro atoms. The molecule has 3 N–H and O–H groups in total. The molecular weight excluding hydrogens is 318 g/mol. The van der Waals surface area contributed by atoms with Crippen LogP contribution in [0.2, 0.25) is 0 Å². The molecule has 1 aliphatic heterocycles. The number of benzene rings is 2. The Morgan fingerprint density at radius 3 is 2.44 bits per heavy atom. The summed E-state index contributed by atoms with van der Waals surface area (Å²) >= 11 is 0. The van der Waals surface area contributed by atoms with Gasteiger partial charge < -0.3 is 16.0 Å². The van der Waals surface area contributed by atoms with Crippen molar-refractivity contribution in [1.82, 2.24) is 0 Å². The second-order valence-corrected chi connectivity index (χ2v) is 6.12. The zero-order valence-corrected chi connectivity index (χ0v) is 13.9. The van der Waals surface area contributed by atoms with Crippen molar-refractivity contribution in [3.63, 3.8) is 0 Å². The summed E-state index contributed by atoms with van der Waals surface area (Å²) in [7, 11) is 0. The highest BCUT2D eigenvalue weighted by Gasteiger charge is 2.35. The molecule has 1 saturated heterocycles. The Morgan fingerprint density at radius 1 is 1.12 bits per heavy atom. The lowest BCUT2D eigenvalue weighted by Crippen LogP contribution is -2.28. The number of primary amides is 1. The van der Waals surface area contributed by atoms with E-state index in [1.54, 1.807) is 29.2 Å². The Labute approximate surface area is 145 Å². The third-order valence-electron chi connectivity index (χ3n) is 4.34. The molecule has 6 nitrogen and oxygen atoms in total. The Bertz CT molecular complexity index is 830. The SMILES string of the molecule is Cc1ccccc1N1CC(C(=O)Nc2ccc(C(N)=O)cc2)CC1=O. The average Bonchev–Trinajstić information content (AvgIpc) is 2.97. The largest absolute Gasteiger partial charge is 0.366 e. The summed E-state index contributed by atoms with van der Waals surface area (Å²) in [5.74, 6) is -1.20. The number of nitrogens with zero attached hydrogens (tertiary/aromatic N) is 1. The molecular formula is C19H19N3O3. The van der Waals surface area contributed by atoms with Crippen LogP contribution in [0.25, 0.3) is 0 Å². The number of amides is 3. The average molecular weight is 337 g/mol. The number of hydrogen-bond donors (Lipinski definition) is 2. The smallest absolute Gasteiger partial charge is 0.248 e. The van der Waals surface area contributed by atoms with Gasteiger partial charge in [-0.25, -0.2) is 0 Å². The van der Waals surface area contributed by atoms with Gasteiger partial charge in [-0.1, -0.05) is 18.2 Å². The molecule has 1 unspecified atom stereocenters. The lowest BCUT2D eigenvalue weighted by Gasteiger charge is -2.19. The van der Waals surface area contributed by atoms with E-state index in [2.05, 4.69) is 5.32 Å². The van der Waals surface area contributed by atoms with Crippen LogP contribution in [0.1, 0.15) is 22.3 Å². The topological polar surface area (TPSA) is 92.5 Å². The van der Waals surface area contributed by atoms with Crippen molar-refractivity contribution in [2.45, 2.75) is 13.3 Å². The Hall–Kier alpha value is -3.15. The first-order valence-corrected chi connectivity index (χ1v) is 8.02. The van der Waals surface area contributed by atoms with Crippen LogP contribution in [-0.2, 0) is 9.59 Å². The van der Waals surface area contributed by atoms with Crippen LogP contribution < -0.4 is 16.0 Å². The van der Waals surface area contributed by atoms with Crippen molar-refractivity contribution >= 4 is 29.1 Å². The number of hydrogen-bond acceptors (Lipinski definition) is 3. The van der Waals surface area contributed by atoms with Crippen LogP contribution in [-0.4, -0.2) is 24.3 Å². The van der Waals surface area contributed by atoms with E-state index in [9.17, 15) is 14.4 Å². The minimum absolute atomic E-state index is 0.0569. The van der Waals surface area contributed by atoms with E-state index in [1.807, 2.05) is 31.2 Å². The van der Waals surface area contributed by atoms with Gasteiger partial charge in [-0.05, 0) is 42.8 Å². The Balaban J connectivity index is 1.68. The predicted octanol–water partition coefficient (Wildman–Crippen LogP) is 2.09. The standard InChI is InChI=1S/C19H19N3O3/c1-12-4-2-3-5-16(12)22-11-14(10-17(22)23)19(25)21-15-8-6-13(7-9-15)18(20)24/h2-9,14H,10-11H2,1H3,(H2,20,24)(H,21,25). The van der Waals surface area contributed by atoms with Crippen LogP contribution in [0.5, 0.6) is 0 Å². The molecule has 6 heteroatoms. The van der Waals surface area contributed by atoms with E-state index >= 15 is 0 Å². The minimum Gasteiger partial charge on any atom is -0.366 e. The molecule has 0 radical (unpaired) electrons. The summed E-state index contributed by atoms with van der Waals surface area (Å²) in [6.45, 7) is 2.30. The van der Waals surface area contributed by atoms with E-state index in [-0.39, 0.29) is 18.2 Å². The van der Waals surface area contributed by atoms with Gasteiger partial charge >= 0.3 is 0 Å². The lowest BCUT2D eigenvalue weighted by atomic mass is 10.1. The number of aryl methyl sites for hydroxylation is 1. The van der Waals surface area contributed by atoms with E-state index in [1.165, 1.54) is 0 Å². The number of carbonyl (C=O) groups excluding carboxylic acids is 3. The molecule has 0 bridgehead atoms. The van der Waals surface area contributed by atoms with Gasteiger partial charge in [0.1, 0.15) is 0 Å². The van der Waals surface area contributed by atoms with Gasteiger partial charge in [-0.15, -0.1) is 0 Å². The predicted molar refractivity (Wildman–Crippen MR) is 95.2 cm³/mol. The van der Waals surface area contributed by atoms with Gasteiger partial charge in [0.15, 0.2) is 0 Å². The summed E-state index contributed by atoms with van der Waals surface area (Å²) < 4.78 is 0. The number of nitrogens with one attached hydrogen (secondary N) is 1. The second kappa shape index (κ2) is 6.76. The van der Waals surface area contributed by atoms with Crippen LogP contribution in [0.3, 0.4) is 0 Å². The quantitative estimate of drug-likeness (QED) is 0.894. The zero-order chi connectivity index (χ0) is 18.0. The van der Waals surface area contributed by atoms with Gasteiger partial charge in [0.25, 0.3) is 0 Å². The number of para-hydroxylation sites is 1. The number of rotatable bonds is 4. The highest BCUT2D eigenvalue weighted by atomic mass is 16.2. The minimum atomic E-state index is -0.520. The molecule has 25 heavy (non-hydrogen) atoms. The Morgan fingerprint density at radius 2 is 1.80 bits per heavy atom. The van der Waals surface area contributed by atoms with Crippen molar-refractivity contribution in [1.29, 1.82) is 0 Å². The number of nitrogens with two attached hydrogens (primary N) is 1. The molecule has 3 rings (SSSR count). The third-order valence-corrected chi connectivity index (χ3v) is 4.34. The molecule has 1 heterocycles. The monoisotopic (exact) mass is 337 g/mol. The summed E-state index contributed by atoms with van der Waals surface area (Å²) in [5, 5.41) is 2.79. The van der Waals surface area contributed by atoms with Gasteiger partial charge in [-0.3, -0.25) is 14.4 Å². The molecule has 0 aliphatic carbocycles. The third kappa shape index (κ3) is 3.52. The van der Waals surface area contributed by atoms with E-state index in [0.717, 1.165) is 11.3 Å². The van der Waals surface area contributed by atoms with Crippen LogP contribution in [0.15, 0.2) is 48.5 Å². The normalized spacial score (nSPS) is 16.8. The molecule has 0 saturated carbocycles. The molecule has 0 aromatic heterocycles. The highest BCUT2D eigenvalue weighted by Crippen LogP contribution is 2.28. The molecule has 2 aromatic rings. The van der Waals surface area contributed by atoms with Gasteiger partial charge in [0, 0.05) is 29.9 Å². The molecule has 1 atom stereocenters. The molecule has 1 fully saturated rings. The van der Waals surface area contributed by atoms with Crippen molar-refractivity contribution in [2.24, 2.45) is 11.7 Å². The van der Waals surface area contributed by atoms with Gasteiger partial charge in [0.2, 0.25) is 17.7 Å². The first-order chi connectivity index (χ1) is 12.0. The Kier molecular flexibility index (Phi) is 4.52. The first kappa shape index (κ1) is 16.7. The van der Waals surface area contributed by atoms with Crippen LogP contribution >= 0.6 is 0 Å². The van der Waals surface area contributed by atoms with E-state index < -0.39 is 11.8 Å². The van der Waals surface area contributed by atoms with Crippen LogP contribution in [0.4, 0.5) is 11.4 Å². The van der Waals surface area contributed by atoms with Crippen molar-refractivity contribution in [2.75, 3.05) is 16.8 Å². The van der Waals surface area contributed by atoms with Gasteiger partial charge in [-0.2, -0.15) is 0 Å². The van der Waals surface area contributed by atoms with Crippen molar-refractivity contribution in [3.05, 3.63) is 59.7 Å². The maximum absolute atomic E-state index is 12.5. The zero-order valence-electron chi connectivity index (χ0n) is 13.9. The highest BCUT2D eigenvalue weighted by molar-refractivity contribution is 6.04. The fraction of sp³-hybridized carbons (Fsp3) is 0.211. The van der Waals surface area contributed by atoms with E-state index in [0.29, 0.717) is 17.8 Å². The fourth-order valence-corrected chi connectivity index (χ4v) is 2.94. The summed E-state index contributed by atoms with van der Waals surface area (Å²) in [6, 6.07) is 14.0. The fourth-order valence-electron chi connectivity index (χ4n) is 2.94. The summed E-state index contributed by atoms with van der Waals surface area (Å²) in [6.07, 6.45) is 0.180. The number of carbonyl (C=O) groups is 3. The molecule has 2 aromatic carbocycles. The summed E-state index contributed by atoms with van der Waals surface area (Å²) in [5.41, 5.74) is 7.97. The molecule has 128 valence electrons. The first-order valence-electron chi connectivity index (χ1n) is 8.02. The number of anilines is 2. The lowest BCUT2D eigenvalue weighted by molar-refractivity contribution is -0.122. The summed E-state index contributed by atoms with van der Waals surface area (Å²) in [4.78, 5) is 37.5. The van der Waals surface area contributed by atoms with Crippen molar-refractivity contribution in [3.8, 4) is 0 Å². The molecule has 3 amide bonds.